The third-order valence-corrected chi connectivity index (χ3v) is 2.29. The summed E-state index contributed by atoms with van der Waals surface area (Å²) in [5.74, 6) is 2.45. The second-order valence-electron chi connectivity index (χ2n) is 3.65. The number of rotatable bonds is 4. The zero-order chi connectivity index (χ0) is 11.4. The van der Waals surface area contributed by atoms with Crippen LogP contribution in [0, 0.1) is 6.92 Å². The second-order valence-corrected chi connectivity index (χ2v) is 3.65. The van der Waals surface area contributed by atoms with E-state index < -0.39 is 0 Å². The highest BCUT2D eigenvalue weighted by atomic mass is 16.4. The lowest BCUT2D eigenvalue weighted by atomic mass is 10.3. The monoisotopic (exact) mass is 217 g/mol. The maximum absolute atomic E-state index is 5.48. The van der Waals surface area contributed by atoms with Gasteiger partial charge in [0.15, 0.2) is 0 Å². The number of hydrogen-bond acceptors (Lipinski definition) is 4. The van der Waals surface area contributed by atoms with Gasteiger partial charge in [0.05, 0.1) is 12.7 Å². The first kappa shape index (κ1) is 10.7. The van der Waals surface area contributed by atoms with Gasteiger partial charge < -0.3 is 9.73 Å². The smallest absolute Gasteiger partial charge is 0.213 e. The van der Waals surface area contributed by atoms with Crippen molar-refractivity contribution in [1.29, 1.82) is 0 Å². The Hall–Kier alpha value is -1.84. The molecule has 0 saturated carbocycles. The molecule has 0 fully saturated rings. The molecule has 16 heavy (non-hydrogen) atoms. The predicted molar refractivity (Wildman–Crippen MR) is 62.2 cm³/mol. The minimum absolute atomic E-state index is 0.566. The van der Waals surface area contributed by atoms with Gasteiger partial charge in [-0.1, -0.05) is 6.92 Å². The molecule has 4 nitrogen and oxygen atoms in total. The molecule has 0 saturated heterocycles. The summed E-state index contributed by atoms with van der Waals surface area (Å²) in [6.45, 7) is 4.64. The van der Waals surface area contributed by atoms with Gasteiger partial charge in [-0.05, 0) is 24.6 Å². The number of nitrogens with zero attached hydrogens (tertiary/aromatic N) is 2. The highest BCUT2D eigenvalue weighted by molar-refractivity contribution is 5.36. The largest absolute Gasteiger partial charge is 0.444 e. The SMILES string of the molecule is CCc1cnc(CNc2cc(C)ccn2)o1. The van der Waals surface area contributed by atoms with E-state index in [1.807, 2.05) is 26.0 Å². The zero-order valence-corrected chi connectivity index (χ0v) is 9.53. The van der Waals surface area contributed by atoms with E-state index in [1.165, 1.54) is 5.56 Å². The van der Waals surface area contributed by atoms with Crippen LogP contribution in [0.15, 0.2) is 28.9 Å². The van der Waals surface area contributed by atoms with Gasteiger partial charge in [-0.3, -0.25) is 0 Å². The minimum Gasteiger partial charge on any atom is -0.444 e. The van der Waals surface area contributed by atoms with Gasteiger partial charge in [-0.25, -0.2) is 9.97 Å². The second kappa shape index (κ2) is 4.79. The van der Waals surface area contributed by atoms with Gasteiger partial charge >= 0.3 is 0 Å². The van der Waals surface area contributed by atoms with Crippen LogP contribution >= 0.6 is 0 Å². The Balaban J connectivity index is 1.96. The van der Waals surface area contributed by atoms with E-state index in [1.54, 1.807) is 12.4 Å². The molecule has 0 bridgehead atoms. The Kier molecular flexibility index (Phi) is 3.19. The maximum atomic E-state index is 5.48. The molecule has 0 aliphatic rings. The van der Waals surface area contributed by atoms with E-state index in [2.05, 4.69) is 15.3 Å². The first-order chi connectivity index (χ1) is 7.78. The molecule has 2 aromatic rings. The van der Waals surface area contributed by atoms with Crippen molar-refractivity contribution in [3.63, 3.8) is 0 Å². The summed E-state index contributed by atoms with van der Waals surface area (Å²) in [6.07, 6.45) is 4.42. The molecule has 2 rings (SSSR count). The standard InChI is InChI=1S/C12H15N3O/c1-3-10-7-15-12(16-10)8-14-11-6-9(2)4-5-13-11/h4-7H,3,8H2,1-2H3,(H,13,14). The molecule has 0 aliphatic carbocycles. The van der Waals surface area contributed by atoms with Crippen molar-refractivity contribution >= 4 is 5.82 Å². The fourth-order valence-electron chi connectivity index (χ4n) is 1.39. The molecule has 2 aromatic heterocycles. The van der Waals surface area contributed by atoms with E-state index in [0.29, 0.717) is 12.4 Å². The predicted octanol–water partition coefficient (Wildman–Crippen LogP) is 2.55. The van der Waals surface area contributed by atoms with Gasteiger partial charge in [0.1, 0.15) is 11.6 Å². The van der Waals surface area contributed by atoms with Crippen LogP contribution < -0.4 is 5.32 Å². The van der Waals surface area contributed by atoms with E-state index in [-0.39, 0.29) is 0 Å². The number of hydrogen-bond donors (Lipinski definition) is 1. The van der Waals surface area contributed by atoms with Gasteiger partial charge in [0, 0.05) is 12.6 Å². The molecule has 2 heterocycles. The Morgan fingerprint density at radius 3 is 2.94 bits per heavy atom. The molecule has 84 valence electrons. The molecule has 0 spiro atoms. The molecule has 0 aromatic carbocycles. The third kappa shape index (κ3) is 2.59. The van der Waals surface area contributed by atoms with E-state index in [9.17, 15) is 0 Å². The molecule has 0 radical (unpaired) electrons. The highest BCUT2D eigenvalue weighted by Crippen LogP contribution is 2.09. The summed E-state index contributed by atoms with van der Waals surface area (Å²) in [4.78, 5) is 8.37. The van der Waals surface area contributed by atoms with E-state index in [0.717, 1.165) is 18.0 Å². The quantitative estimate of drug-likeness (QED) is 0.855. The van der Waals surface area contributed by atoms with Crippen LogP contribution in [0.2, 0.25) is 0 Å². The topological polar surface area (TPSA) is 51.0 Å². The number of nitrogens with one attached hydrogen (secondary N) is 1. The first-order valence-corrected chi connectivity index (χ1v) is 5.38. The molecular weight excluding hydrogens is 202 g/mol. The van der Waals surface area contributed by atoms with Crippen LogP contribution in [0.3, 0.4) is 0 Å². The van der Waals surface area contributed by atoms with Crippen molar-refractivity contribution in [2.75, 3.05) is 5.32 Å². The van der Waals surface area contributed by atoms with Gasteiger partial charge in [0.25, 0.3) is 0 Å². The first-order valence-electron chi connectivity index (χ1n) is 5.38. The summed E-state index contributed by atoms with van der Waals surface area (Å²) in [7, 11) is 0. The summed E-state index contributed by atoms with van der Waals surface area (Å²) in [6, 6.07) is 3.95. The number of pyridine rings is 1. The zero-order valence-electron chi connectivity index (χ0n) is 9.53. The van der Waals surface area contributed by atoms with Crippen LogP contribution in [0.1, 0.15) is 24.1 Å². The van der Waals surface area contributed by atoms with Crippen LogP contribution in [-0.4, -0.2) is 9.97 Å². The number of oxazole rings is 1. The van der Waals surface area contributed by atoms with Crippen molar-refractivity contribution in [3.8, 4) is 0 Å². The lowest BCUT2D eigenvalue weighted by Gasteiger charge is -2.02. The van der Waals surface area contributed by atoms with Crippen LogP contribution in [0.5, 0.6) is 0 Å². The highest BCUT2D eigenvalue weighted by Gasteiger charge is 2.02. The van der Waals surface area contributed by atoms with Gasteiger partial charge in [-0.2, -0.15) is 0 Å². The maximum Gasteiger partial charge on any atom is 0.213 e. The number of anilines is 1. The van der Waals surface area contributed by atoms with Gasteiger partial charge in [0.2, 0.25) is 5.89 Å². The normalized spacial score (nSPS) is 10.4. The summed E-state index contributed by atoms with van der Waals surface area (Å²) >= 11 is 0. The lowest BCUT2D eigenvalue weighted by molar-refractivity contribution is 0.465. The molecule has 0 atom stereocenters. The molecule has 0 unspecified atom stereocenters. The summed E-state index contributed by atoms with van der Waals surface area (Å²) in [5.41, 5.74) is 1.18. The third-order valence-electron chi connectivity index (χ3n) is 2.29. The Morgan fingerprint density at radius 1 is 1.38 bits per heavy atom. The Morgan fingerprint density at radius 2 is 2.25 bits per heavy atom. The van der Waals surface area contributed by atoms with Crippen LogP contribution in [0.4, 0.5) is 5.82 Å². The van der Waals surface area contributed by atoms with Gasteiger partial charge in [-0.15, -0.1) is 0 Å². The van der Waals surface area contributed by atoms with E-state index >= 15 is 0 Å². The summed E-state index contributed by atoms with van der Waals surface area (Å²) < 4.78 is 5.48. The lowest BCUT2D eigenvalue weighted by Crippen LogP contribution is -2.01. The molecular formula is C12H15N3O. The van der Waals surface area contributed by atoms with Crippen molar-refractivity contribution in [3.05, 3.63) is 41.7 Å². The van der Waals surface area contributed by atoms with Crippen molar-refractivity contribution < 1.29 is 4.42 Å². The van der Waals surface area contributed by atoms with Crippen LogP contribution in [-0.2, 0) is 13.0 Å². The molecule has 1 N–H and O–H groups in total. The van der Waals surface area contributed by atoms with Crippen molar-refractivity contribution in [2.45, 2.75) is 26.8 Å². The fourth-order valence-corrected chi connectivity index (χ4v) is 1.39. The number of aromatic nitrogens is 2. The average Bonchev–Trinajstić information content (AvgIpc) is 2.74. The molecule has 0 aliphatic heterocycles. The number of aryl methyl sites for hydroxylation is 2. The fraction of sp³-hybridized carbons (Fsp3) is 0.333. The average molecular weight is 217 g/mol. The van der Waals surface area contributed by atoms with E-state index in [4.69, 9.17) is 4.42 Å². The Labute approximate surface area is 94.7 Å². The summed E-state index contributed by atoms with van der Waals surface area (Å²) in [5, 5.41) is 3.17. The Bertz CT molecular complexity index is 465. The van der Waals surface area contributed by atoms with Crippen LogP contribution in [0.25, 0.3) is 0 Å². The minimum atomic E-state index is 0.566. The van der Waals surface area contributed by atoms with Crippen molar-refractivity contribution in [2.24, 2.45) is 0 Å². The molecule has 0 amide bonds. The van der Waals surface area contributed by atoms with Crippen molar-refractivity contribution in [1.82, 2.24) is 9.97 Å². The molecule has 4 heteroatoms.